The maximum atomic E-state index is 9.40. The highest BCUT2D eigenvalue weighted by Crippen LogP contribution is 2.20. The molecular weight excluding hydrogens is 202 g/mol. The average molecular weight is 218 g/mol. The molecule has 4 heteroatoms. The van der Waals surface area contributed by atoms with E-state index < -0.39 is 0 Å². The summed E-state index contributed by atoms with van der Waals surface area (Å²) in [7, 11) is 0. The number of rotatable bonds is 4. The number of aromatic hydroxyl groups is 1. The van der Waals surface area contributed by atoms with Crippen molar-refractivity contribution in [3.05, 3.63) is 23.8 Å². The molecule has 14 heavy (non-hydrogen) atoms. The number of phenols is 1. The second-order valence-corrected chi connectivity index (χ2v) is 2.94. The van der Waals surface area contributed by atoms with E-state index in [0.717, 1.165) is 12.0 Å². The molecule has 0 radical (unpaired) electrons. The van der Waals surface area contributed by atoms with Crippen molar-refractivity contribution in [3.63, 3.8) is 0 Å². The van der Waals surface area contributed by atoms with Crippen LogP contribution in [-0.4, -0.2) is 11.7 Å². The Morgan fingerprint density at radius 2 is 2.14 bits per heavy atom. The number of benzene rings is 1. The molecule has 0 spiro atoms. The largest absolute Gasteiger partial charge is 0.508 e. The minimum atomic E-state index is 0. The van der Waals surface area contributed by atoms with Crippen molar-refractivity contribution < 1.29 is 9.84 Å². The summed E-state index contributed by atoms with van der Waals surface area (Å²) in [5, 5.41) is 9.40. The molecule has 0 fully saturated rings. The van der Waals surface area contributed by atoms with E-state index >= 15 is 0 Å². The first-order valence-electron chi connectivity index (χ1n) is 4.39. The van der Waals surface area contributed by atoms with Crippen LogP contribution in [0.2, 0.25) is 0 Å². The number of hydrogen-bond donors (Lipinski definition) is 2. The summed E-state index contributed by atoms with van der Waals surface area (Å²) in [5.41, 5.74) is 6.96. The van der Waals surface area contributed by atoms with Crippen molar-refractivity contribution in [2.75, 3.05) is 12.3 Å². The van der Waals surface area contributed by atoms with Crippen molar-refractivity contribution in [2.45, 2.75) is 20.0 Å². The zero-order valence-corrected chi connectivity index (χ0v) is 9.01. The van der Waals surface area contributed by atoms with Gasteiger partial charge in [-0.3, -0.25) is 0 Å². The molecule has 0 aliphatic rings. The molecule has 0 amide bonds. The summed E-state index contributed by atoms with van der Waals surface area (Å²) in [4.78, 5) is 0. The van der Waals surface area contributed by atoms with Crippen LogP contribution in [0.25, 0.3) is 0 Å². The topological polar surface area (TPSA) is 55.5 Å². The molecule has 0 saturated carbocycles. The molecule has 1 aromatic carbocycles. The number of halogens is 1. The van der Waals surface area contributed by atoms with Crippen LogP contribution >= 0.6 is 12.4 Å². The van der Waals surface area contributed by atoms with Gasteiger partial charge in [0.1, 0.15) is 5.75 Å². The number of anilines is 1. The lowest BCUT2D eigenvalue weighted by atomic mass is 10.2. The fourth-order valence-electron chi connectivity index (χ4n) is 1.05. The third kappa shape index (κ3) is 3.85. The van der Waals surface area contributed by atoms with Crippen LogP contribution in [-0.2, 0) is 11.3 Å². The summed E-state index contributed by atoms with van der Waals surface area (Å²) >= 11 is 0. The summed E-state index contributed by atoms with van der Waals surface area (Å²) < 4.78 is 5.29. The molecule has 0 saturated heterocycles. The molecule has 3 N–H and O–H groups in total. The summed E-state index contributed by atoms with van der Waals surface area (Å²) in [6.07, 6.45) is 0.975. The Kier molecular flexibility index (Phi) is 6.08. The van der Waals surface area contributed by atoms with E-state index in [9.17, 15) is 5.11 Å². The molecule has 1 aromatic rings. The molecule has 80 valence electrons. The van der Waals surface area contributed by atoms with Crippen LogP contribution in [0.5, 0.6) is 5.75 Å². The van der Waals surface area contributed by atoms with Gasteiger partial charge in [-0.15, -0.1) is 12.4 Å². The molecule has 0 atom stereocenters. The second kappa shape index (κ2) is 6.51. The normalized spacial score (nSPS) is 9.50. The number of nitrogen functional groups attached to an aromatic ring is 1. The van der Waals surface area contributed by atoms with Gasteiger partial charge in [0.15, 0.2) is 0 Å². The Hall–Kier alpha value is -0.930. The number of phenolic OH excluding ortho intramolecular Hbond substituents is 1. The van der Waals surface area contributed by atoms with Crippen LogP contribution in [0, 0.1) is 0 Å². The van der Waals surface area contributed by atoms with Crippen LogP contribution in [0.3, 0.4) is 0 Å². The van der Waals surface area contributed by atoms with Crippen LogP contribution in [0.4, 0.5) is 5.69 Å². The number of hydrogen-bond acceptors (Lipinski definition) is 3. The lowest BCUT2D eigenvalue weighted by Crippen LogP contribution is -1.95. The van der Waals surface area contributed by atoms with E-state index in [4.69, 9.17) is 10.5 Å². The molecule has 0 aliphatic heterocycles. The van der Waals surface area contributed by atoms with E-state index in [2.05, 4.69) is 0 Å². The molecule has 0 bridgehead atoms. The Bertz CT molecular complexity index is 279. The number of nitrogens with two attached hydrogens (primary N) is 1. The standard InChI is InChI=1S/C10H15NO2.ClH/c1-2-5-13-7-8-6-9(11)3-4-10(8)12;/h3-4,6,12H,2,5,7,11H2,1H3;1H. The first kappa shape index (κ1) is 13.1. The van der Waals surface area contributed by atoms with E-state index in [0.29, 0.717) is 18.9 Å². The van der Waals surface area contributed by atoms with Gasteiger partial charge in [-0.2, -0.15) is 0 Å². The molecule has 0 heterocycles. The molecule has 3 nitrogen and oxygen atoms in total. The monoisotopic (exact) mass is 217 g/mol. The van der Waals surface area contributed by atoms with Crippen LogP contribution in [0.15, 0.2) is 18.2 Å². The fourth-order valence-corrected chi connectivity index (χ4v) is 1.05. The van der Waals surface area contributed by atoms with Gasteiger partial charge in [0.25, 0.3) is 0 Å². The maximum absolute atomic E-state index is 9.40. The predicted molar refractivity (Wildman–Crippen MR) is 59.7 cm³/mol. The summed E-state index contributed by atoms with van der Waals surface area (Å²) in [6, 6.07) is 4.98. The van der Waals surface area contributed by atoms with Crippen molar-refractivity contribution >= 4 is 18.1 Å². The van der Waals surface area contributed by atoms with Gasteiger partial charge in [-0.25, -0.2) is 0 Å². The first-order valence-corrected chi connectivity index (χ1v) is 4.39. The van der Waals surface area contributed by atoms with E-state index in [1.165, 1.54) is 0 Å². The third-order valence-electron chi connectivity index (χ3n) is 1.71. The van der Waals surface area contributed by atoms with Gasteiger partial charge in [0, 0.05) is 17.9 Å². The Balaban J connectivity index is 0.00000169. The first-order chi connectivity index (χ1) is 6.24. The summed E-state index contributed by atoms with van der Waals surface area (Å²) in [6.45, 7) is 3.16. The average Bonchev–Trinajstić information content (AvgIpc) is 2.11. The van der Waals surface area contributed by atoms with Crippen LogP contribution < -0.4 is 5.73 Å². The minimum Gasteiger partial charge on any atom is -0.508 e. The molecular formula is C10H16ClNO2. The van der Waals surface area contributed by atoms with E-state index in [1.54, 1.807) is 18.2 Å². The Morgan fingerprint density at radius 3 is 2.79 bits per heavy atom. The van der Waals surface area contributed by atoms with Gasteiger partial charge in [-0.1, -0.05) is 6.92 Å². The highest BCUT2D eigenvalue weighted by Gasteiger charge is 2.00. The lowest BCUT2D eigenvalue weighted by molar-refractivity contribution is 0.120. The predicted octanol–water partition coefficient (Wildman–Crippen LogP) is 2.32. The van der Waals surface area contributed by atoms with E-state index in [-0.39, 0.29) is 18.2 Å². The van der Waals surface area contributed by atoms with Gasteiger partial charge < -0.3 is 15.6 Å². The Labute approximate surface area is 90.3 Å². The zero-order valence-electron chi connectivity index (χ0n) is 8.19. The second-order valence-electron chi connectivity index (χ2n) is 2.94. The molecule has 0 aliphatic carbocycles. The maximum Gasteiger partial charge on any atom is 0.121 e. The minimum absolute atomic E-state index is 0. The SMILES string of the molecule is CCCOCc1cc(N)ccc1O.Cl. The smallest absolute Gasteiger partial charge is 0.121 e. The van der Waals surface area contributed by atoms with Crippen LogP contribution in [0.1, 0.15) is 18.9 Å². The molecule has 0 aromatic heterocycles. The van der Waals surface area contributed by atoms with Gasteiger partial charge >= 0.3 is 0 Å². The highest BCUT2D eigenvalue weighted by molar-refractivity contribution is 5.85. The van der Waals surface area contributed by atoms with E-state index in [1.807, 2.05) is 6.92 Å². The fraction of sp³-hybridized carbons (Fsp3) is 0.400. The third-order valence-corrected chi connectivity index (χ3v) is 1.71. The Morgan fingerprint density at radius 1 is 1.43 bits per heavy atom. The van der Waals surface area contributed by atoms with Crippen molar-refractivity contribution in [3.8, 4) is 5.75 Å². The zero-order chi connectivity index (χ0) is 9.68. The molecule has 1 rings (SSSR count). The molecule has 0 unspecified atom stereocenters. The number of ether oxygens (including phenoxy) is 1. The van der Waals surface area contributed by atoms with Gasteiger partial charge in [-0.05, 0) is 24.6 Å². The van der Waals surface area contributed by atoms with Gasteiger partial charge in [0.05, 0.1) is 6.61 Å². The van der Waals surface area contributed by atoms with Crippen molar-refractivity contribution in [1.29, 1.82) is 0 Å². The van der Waals surface area contributed by atoms with Crippen molar-refractivity contribution in [2.24, 2.45) is 0 Å². The lowest BCUT2D eigenvalue weighted by Gasteiger charge is -2.05. The highest BCUT2D eigenvalue weighted by atomic mass is 35.5. The van der Waals surface area contributed by atoms with Crippen molar-refractivity contribution in [1.82, 2.24) is 0 Å². The quantitative estimate of drug-likeness (QED) is 0.462. The van der Waals surface area contributed by atoms with Gasteiger partial charge in [0.2, 0.25) is 0 Å². The summed E-state index contributed by atoms with van der Waals surface area (Å²) in [5.74, 6) is 0.241.